The average Bonchev–Trinajstić information content (AvgIpc) is 3.60. The normalized spacial score (nSPS) is 11.5. The summed E-state index contributed by atoms with van der Waals surface area (Å²) in [5.74, 6) is -2.18. The Morgan fingerprint density at radius 3 is 1.55 bits per heavy atom. The molecule has 15 heteroatoms. The fraction of sp³-hybridized carbons (Fsp3) is 0.489. The second kappa shape index (κ2) is 25.3. The van der Waals surface area contributed by atoms with E-state index in [4.69, 9.17) is 16.3 Å². The Morgan fingerprint density at radius 2 is 1.11 bits per heavy atom. The number of halogens is 1. The molecule has 2 aromatic carbocycles. The molecule has 0 saturated carbocycles. The number of carbonyl (C=O) groups is 6. The van der Waals surface area contributed by atoms with Crippen LogP contribution in [-0.4, -0.2) is 67.7 Å². The quantitative estimate of drug-likeness (QED) is 0.0775. The Kier molecular flexibility index (Phi) is 22.2. The average molecular weight is 880 g/mol. The molecular formula is C47H67ClN6O8. The van der Waals surface area contributed by atoms with E-state index < -0.39 is 29.0 Å². The molecular weight excluding hydrogens is 812 g/mol. The summed E-state index contributed by atoms with van der Waals surface area (Å²) in [6, 6.07) is 15.3. The fourth-order valence-electron chi connectivity index (χ4n) is 7.08. The van der Waals surface area contributed by atoms with Crippen molar-refractivity contribution in [2.45, 2.75) is 115 Å². The second-order valence-electron chi connectivity index (χ2n) is 15.7. The van der Waals surface area contributed by atoms with Gasteiger partial charge in [0.25, 0.3) is 11.8 Å². The van der Waals surface area contributed by atoms with Crippen molar-refractivity contribution in [3.8, 4) is 0 Å². The summed E-state index contributed by atoms with van der Waals surface area (Å²) in [6.45, 7) is 23.6. The molecule has 0 aliphatic rings. The van der Waals surface area contributed by atoms with Crippen LogP contribution in [0.2, 0.25) is 0 Å². The van der Waals surface area contributed by atoms with Gasteiger partial charge < -0.3 is 14.8 Å². The predicted octanol–water partition coefficient (Wildman–Crippen LogP) is 9.31. The van der Waals surface area contributed by atoms with Gasteiger partial charge in [-0.1, -0.05) is 85.4 Å². The number of esters is 2. The molecule has 62 heavy (non-hydrogen) atoms. The topological polar surface area (TPSA) is 172 Å². The molecule has 0 bridgehead atoms. The number of hydrogen-bond acceptors (Lipinski definition) is 10. The molecule has 0 saturated heterocycles. The van der Waals surface area contributed by atoms with E-state index in [1.165, 1.54) is 5.56 Å². The van der Waals surface area contributed by atoms with Crippen LogP contribution in [0.1, 0.15) is 142 Å². The Balaban J connectivity index is 0.000000531. The summed E-state index contributed by atoms with van der Waals surface area (Å²) in [4.78, 5) is 72.5. The van der Waals surface area contributed by atoms with Gasteiger partial charge in [-0.2, -0.15) is 10.2 Å². The lowest BCUT2D eigenvalue weighted by Gasteiger charge is -2.26. The van der Waals surface area contributed by atoms with Crippen molar-refractivity contribution < 1.29 is 38.2 Å². The molecule has 0 fully saturated rings. The highest BCUT2D eigenvalue weighted by molar-refractivity contribution is 6.80. The van der Waals surface area contributed by atoms with E-state index in [1.54, 1.807) is 56.2 Å². The number of benzene rings is 2. The minimum atomic E-state index is -1.08. The monoisotopic (exact) mass is 878 g/mol. The standard InChI is InChI=1S/C23H31N3O4.C19H27N3O.C4H5ClO3.CH4/c1-8-30-23(29)22(28)26(21(27)20-16(5)24-25(7)17(20)6)19-12-10-9-11-18(19)15(4)13-14(2)3;1-12(2)11-13(3)16-9-7-8-10-17(16)20-19(23)18-14(4)21-22(6)15(18)5;1-2-8-4(7)3(5)6;/h9-12,14-15H,8,13H2,1-7H3;7-10,12-13H,11H2,1-6H3,(H,20,23);2H2,1H3;1H4. The number of carbonyl (C=O) groups excluding carboxylic acids is 6. The molecule has 2 heterocycles. The van der Waals surface area contributed by atoms with Crippen LogP contribution >= 0.6 is 11.6 Å². The van der Waals surface area contributed by atoms with E-state index in [2.05, 4.69) is 67.9 Å². The van der Waals surface area contributed by atoms with E-state index in [-0.39, 0.29) is 32.5 Å². The maximum absolute atomic E-state index is 13.6. The molecule has 0 aliphatic heterocycles. The molecule has 4 aromatic rings. The first-order valence-electron chi connectivity index (χ1n) is 20.5. The number of aromatic nitrogens is 4. The third kappa shape index (κ3) is 14.8. The third-order valence-electron chi connectivity index (χ3n) is 9.85. The zero-order chi connectivity index (χ0) is 46.3. The van der Waals surface area contributed by atoms with Gasteiger partial charge in [-0.25, -0.2) is 14.5 Å². The first-order chi connectivity index (χ1) is 28.6. The minimum absolute atomic E-state index is 0. The molecule has 2 aromatic heterocycles. The van der Waals surface area contributed by atoms with Gasteiger partial charge in [0.2, 0.25) is 0 Å². The van der Waals surface area contributed by atoms with Gasteiger partial charge in [-0.15, -0.1) is 0 Å². The molecule has 1 N–H and O–H groups in total. The SMILES string of the molecule is C.CCOC(=O)C(=O)Cl.CCOC(=O)C(=O)N(C(=O)c1c(C)nn(C)c1C)c1ccccc1C(C)CC(C)C.Cc1nn(C)c(C)c1C(=O)Nc1ccccc1C(C)CC(C)C. The number of nitrogens with zero attached hydrogens (tertiary/aromatic N) is 5. The highest BCUT2D eigenvalue weighted by Crippen LogP contribution is 2.34. The molecule has 0 radical (unpaired) electrons. The Bertz CT molecular complexity index is 2170. The molecule has 3 amide bonds. The fourth-order valence-corrected chi connectivity index (χ4v) is 7.14. The maximum Gasteiger partial charge on any atom is 0.397 e. The third-order valence-corrected chi connectivity index (χ3v) is 10.0. The lowest BCUT2D eigenvalue weighted by molar-refractivity contribution is -0.153. The largest absolute Gasteiger partial charge is 0.459 e. The number of imide groups is 1. The molecule has 2 unspecified atom stereocenters. The van der Waals surface area contributed by atoms with Crippen molar-refractivity contribution in [2.24, 2.45) is 25.9 Å². The van der Waals surface area contributed by atoms with Crippen LogP contribution in [0.5, 0.6) is 0 Å². The first kappa shape index (κ1) is 54.4. The Labute approximate surface area is 372 Å². The van der Waals surface area contributed by atoms with Gasteiger partial charge in [0.15, 0.2) is 0 Å². The summed E-state index contributed by atoms with van der Waals surface area (Å²) in [6.07, 6.45) is 1.97. The summed E-state index contributed by atoms with van der Waals surface area (Å²) < 4.78 is 12.4. The van der Waals surface area contributed by atoms with Crippen LogP contribution in [0.15, 0.2) is 48.5 Å². The van der Waals surface area contributed by atoms with Crippen LogP contribution < -0.4 is 10.2 Å². The van der Waals surface area contributed by atoms with Crippen molar-refractivity contribution in [2.75, 3.05) is 23.4 Å². The molecule has 0 spiro atoms. The number of amides is 3. The van der Waals surface area contributed by atoms with Crippen LogP contribution in [0.4, 0.5) is 11.4 Å². The zero-order valence-electron chi connectivity index (χ0n) is 38.1. The van der Waals surface area contributed by atoms with Gasteiger partial charge in [0.05, 0.1) is 41.4 Å². The van der Waals surface area contributed by atoms with Crippen molar-refractivity contribution >= 4 is 57.9 Å². The van der Waals surface area contributed by atoms with E-state index in [1.807, 2.05) is 51.2 Å². The van der Waals surface area contributed by atoms with Gasteiger partial charge in [-0.05, 0) is 113 Å². The number of nitrogens with one attached hydrogen (secondary N) is 1. The number of para-hydroxylation sites is 2. The van der Waals surface area contributed by atoms with Gasteiger partial charge in [-0.3, -0.25) is 28.5 Å². The van der Waals surface area contributed by atoms with Crippen LogP contribution in [-0.2, 0) is 42.7 Å². The number of rotatable bonds is 13. The summed E-state index contributed by atoms with van der Waals surface area (Å²) in [7, 11) is 3.59. The van der Waals surface area contributed by atoms with Crippen LogP contribution in [0.3, 0.4) is 0 Å². The van der Waals surface area contributed by atoms with Gasteiger partial charge in [0.1, 0.15) is 0 Å². The van der Waals surface area contributed by atoms with E-state index in [9.17, 15) is 28.8 Å². The second-order valence-corrected chi connectivity index (χ2v) is 16.0. The lowest BCUT2D eigenvalue weighted by Crippen LogP contribution is -2.43. The van der Waals surface area contributed by atoms with E-state index >= 15 is 0 Å². The van der Waals surface area contributed by atoms with Crippen LogP contribution in [0.25, 0.3) is 0 Å². The summed E-state index contributed by atoms with van der Waals surface area (Å²) in [5.41, 5.74) is 7.04. The highest BCUT2D eigenvalue weighted by atomic mass is 35.5. The van der Waals surface area contributed by atoms with Crippen molar-refractivity contribution in [1.29, 1.82) is 0 Å². The van der Waals surface area contributed by atoms with E-state index in [0.29, 0.717) is 46.0 Å². The van der Waals surface area contributed by atoms with Gasteiger partial charge in [0, 0.05) is 31.2 Å². The zero-order valence-corrected chi connectivity index (χ0v) is 38.9. The van der Waals surface area contributed by atoms with Gasteiger partial charge >= 0.3 is 23.1 Å². The predicted molar refractivity (Wildman–Crippen MR) is 245 cm³/mol. The van der Waals surface area contributed by atoms with Crippen molar-refractivity contribution in [3.05, 3.63) is 93.6 Å². The number of ether oxygens (including phenoxy) is 2. The molecule has 2 atom stereocenters. The number of hydrogen-bond donors (Lipinski definition) is 1. The lowest BCUT2D eigenvalue weighted by atomic mass is 9.90. The Hall–Kier alpha value is -5.63. The first-order valence-corrected chi connectivity index (χ1v) is 20.9. The molecule has 4 rings (SSSR count). The highest BCUT2D eigenvalue weighted by Gasteiger charge is 2.35. The number of anilines is 2. The summed E-state index contributed by atoms with van der Waals surface area (Å²) >= 11 is 4.69. The molecule has 0 aliphatic carbocycles. The van der Waals surface area contributed by atoms with Crippen molar-refractivity contribution in [1.82, 2.24) is 19.6 Å². The maximum atomic E-state index is 13.6. The smallest absolute Gasteiger partial charge is 0.397 e. The van der Waals surface area contributed by atoms with Crippen LogP contribution in [0, 0.1) is 39.5 Å². The van der Waals surface area contributed by atoms with Crippen molar-refractivity contribution in [3.63, 3.8) is 0 Å². The van der Waals surface area contributed by atoms with E-state index in [0.717, 1.165) is 40.4 Å². The Morgan fingerprint density at radius 1 is 0.677 bits per heavy atom. The summed E-state index contributed by atoms with van der Waals surface area (Å²) in [5, 5.41) is 10.6. The number of aryl methyl sites for hydroxylation is 4. The molecule has 340 valence electrons. The minimum Gasteiger partial charge on any atom is -0.459 e. The molecule has 14 nitrogen and oxygen atoms in total.